The van der Waals surface area contributed by atoms with E-state index in [1.807, 2.05) is 11.8 Å². The van der Waals surface area contributed by atoms with Gasteiger partial charge in [-0.05, 0) is 86.1 Å². The van der Waals surface area contributed by atoms with Crippen molar-refractivity contribution in [3.05, 3.63) is 70.9 Å². The number of anilines is 2. The summed E-state index contributed by atoms with van der Waals surface area (Å²) >= 11 is 0. The minimum absolute atomic E-state index is 0.0215. The monoisotopic (exact) mass is 680 g/mol. The first kappa shape index (κ1) is 35.7. The van der Waals surface area contributed by atoms with Crippen LogP contribution in [0.1, 0.15) is 54.9 Å². The van der Waals surface area contributed by atoms with Gasteiger partial charge in [-0.15, -0.1) is 13.2 Å². The molecule has 0 aliphatic heterocycles. The fourth-order valence-electron chi connectivity index (χ4n) is 5.82. The number of hydrogen-bond acceptors (Lipinski definition) is 5. The highest BCUT2D eigenvalue weighted by Crippen LogP contribution is 2.38. The summed E-state index contributed by atoms with van der Waals surface area (Å²) in [6, 6.07) is 6.38. The van der Waals surface area contributed by atoms with E-state index < -0.39 is 54.0 Å². The van der Waals surface area contributed by atoms with E-state index in [1.165, 1.54) is 27.9 Å². The minimum atomic E-state index is -5.08. The Hall–Kier alpha value is -4.11. The minimum Gasteiger partial charge on any atom is -0.481 e. The van der Waals surface area contributed by atoms with E-state index in [2.05, 4.69) is 9.84 Å². The maximum atomic E-state index is 13.6. The normalized spacial score (nSPS) is 17.4. The van der Waals surface area contributed by atoms with E-state index >= 15 is 0 Å². The molecule has 7 nitrogen and oxygen atoms in total. The zero-order chi connectivity index (χ0) is 34.7. The number of rotatable bonds is 11. The fraction of sp³-hybridized carbons (Fsp3) is 0.484. The second-order valence-electron chi connectivity index (χ2n) is 11.6. The molecule has 0 spiro atoms. The summed E-state index contributed by atoms with van der Waals surface area (Å²) in [6.07, 6.45) is -11.5. The van der Waals surface area contributed by atoms with Gasteiger partial charge in [0.15, 0.2) is 5.82 Å². The Bertz CT molecular complexity index is 1500. The Labute approximate surface area is 264 Å². The Morgan fingerprint density at radius 1 is 0.894 bits per heavy atom. The average Bonchev–Trinajstić information content (AvgIpc) is 3.40. The predicted molar refractivity (Wildman–Crippen MR) is 154 cm³/mol. The number of halogens is 9. The van der Waals surface area contributed by atoms with Crippen LogP contribution in [0, 0.1) is 11.8 Å². The zero-order valence-electron chi connectivity index (χ0n) is 25.4. The number of benzene rings is 2. The molecule has 1 fully saturated rings. The van der Waals surface area contributed by atoms with Crippen molar-refractivity contribution in [1.82, 2.24) is 9.78 Å². The van der Waals surface area contributed by atoms with E-state index in [4.69, 9.17) is 0 Å². The van der Waals surface area contributed by atoms with Gasteiger partial charge in [-0.3, -0.25) is 9.48 Å². The van der Waals surface area contributed by atoms with E-state index in [0.717, 1.165) is 12.1 Å². The molecule has 1 aromatic heterocycles. The van der Waals surface area contributed by atoms with Gasteiger partial charge in [-0.1, -0.05) is 0 Å². The van der Waals surface area contributed by atoms with E-state index in [-0.39, 0.29) is 35.5 Å². The third kappa shape index (κ3) is 9.70. The smallest absolute Gasteiger partial charge is 0.481 e. The quantitative estimate of drug-likeness (QED) is 0.206. The molecular weight excluding hydrogens is 647 g/mol. The Morgan fingerprint density at radius 2 is 1.51 bits per heavy atom. The number of carboxylic acid groups (broad SMARTS) is 1. The number of alkyl halides is 9. The first-order chi connectivity index (χ1) is 21.8. The van der Waals surface area contributed by atoms with Crippen LogP contribution in [0.5, 0.6) is 5.75 Å². The first-order valence-corrected chi connectivity index (χ1v) is 14.7. The molecule has 0 atom stereocenters. The number of aromatic nitrogens is 2. The lowest BCUT2D eigenvalue weighted by molar-refractivity contribution is -0.274. The Kier molecular flexibility index (Phi) is 10.6. The molecule has 1 aliphatic carbocycles. The van der Waals surface area contributed by atoms with Crippen LogP contribution in [0.15, 0.2) is 48.7 Å². The van der Waals surface area contributed by atoms with Crippen LogP contribution >= 0.6 is 0 Å². The van der Waals surface area contributed by atoms with Crippen LogP contribution in [0.2, 0.25) is 0 Å². The number of carbonyl (C=O) groups is 1. The highest BCUT2D eigenvalue weighted by Gasteiger charge is 2.37. The summed E-state index contributed by atoms with van der Waals surface area (Å²) in [5.41, 5.74) is -2.62. The summed E-state index contributed by atoms with van der Waals surface area (Å²) in [5, 5.41) is 13.6. The number of nitrogens with zero attached hydrogens (tertiary/aromatic N) is 4. The molecule has 1 saturated carbocycles. The van der Waals surface area contributed by atoms with Crippen molar-refractivity contribution in [3.63, 3.8) is 0 Å². The van der Waals surface area contributed by atoms with Crippen LogP contribution in [0.3, 0.4) is 0 Å². The molecule has 16 heteroatoms. The molecule has 47 heavy (non-hydrogen) atoms. The molecule has 258 valence electrons. The molecule has 1 N–H and O–H groups in total. The largest absolute Gasteiger partial charge is 0.573 e. The van der Waals surface area contributed by atoms with Crippen LogP contribution in [-0.4, -0.2) is 40.3 Å². The number of aryl methyl sites for hydroxylation is 1. The van der Waals surface area contributed by atoms with Gasteiger partial charge in [0.2, 0.25) is 0 Å². The lowest BCUT2D eigenvalue weighted by atomic mass is 9.81. The maximum Gasteiger partial charge on any atom is 0.573 e. The Balaban J connectivity index is 1.74. The molecule has 0 amide bonds. The molecule has 1 aliphatic rings. The van der Waals surface area contributed by atoms with Crippen molar-refractivity contribution in [2.24, 2.45) is 18.9 Å². The molecule has 2 aromatic carbocycles. The van der Waals surface area contributed by atoms with Gasteiger partial charge in [-0.25, -0.2) is 0 Å². The Morgan fingerprint density at radius 3 is 2.00 bits per heavy atom. The predicted octanol–water partition coefficient (Wildman–Crippen LogP) is 8.28. The topological polar surface area (TPSA) is 70.8 Å². The molecule has 4 rings (SSSR count). The summed E-state index contributed by atoms with van der Waals surface area (Å²) in [6.45, 7) is 1.91. The zero-order valence-corrected chi connectivity index (χ0v) is 25.4. The van der Waals surface area contributed by atoms with Crippen LogP contribution in [0.4, 0.5) is 51.0 Å². The van der Waals surface area contributed by atoms with Crippen molar-refractivity contribution in [3.8, 4) is 5.75 Å². The van der Waals surface area contributed by atoms with Gasteiger partial charge in [0.25, 0.3) is 0 Å². The molecule has 0 saturated heterocycles. The van der Waals surface area contributed by atoms with Gasteiger partial charge < -0.3 is 19.6 Å². The summed E-state index contributed by atoms with van der Waals surface area (Å²) in [7, 11) is 1.55. The summed E-state index contributed by atoms with van der Waals surface area (Å²) in [4.78, 5) is 14.7. The van der Waals surface area contributed by atoms with Crippen molar-refractivity contribution in [1.29, 1.82) is 0 Å². The lowest BCUT2D eigenvalue weighted by Gasteiger charge is -2.34. The van der Waals surface area contributed by atoms with Gasteiger partial charge in [0, 0.05) is 51.2 Å². The van der Waals surface area contributed by atoms with E-state index in [9.17, 15) is 49.4 Å². The third-order valence-corrected chi connectivity index (χ3v) is 8.09. The number of carboxylic acids is 1. The number of hydrogen-bond donors (Lipinski definition) is 1. The van der Waals surface area contributed by atoms with E-state index in [0.29, 0.717) is 56.6 Å². The highest BCUT2D eigenvalue weighted by atomic mass is 19.4. The summed E-state index contributed by atoms with van der Waals surface area (Å²) in [5.74, 6) is -1.63. The van der Waals surface area contributed by atoms with Crippen molar-refractivity contribution >= 4 is 17.5 Å². The lowest BCUT2D eigenvalue weighted by Crippen LogP contribution is -2.34. The molecule has 3 aromatic rings. The highest BCUT2D eigenvalue weighted by molar-refractivity contribution is 5.70. The van der Waals surface area contributed by atoms with Crippen LogP contribution < -0.4 is 14.5 Å². The summed E-state index contributed by atoms with van der Waals surface area (Å²) < 4.78 is 127. The van der Waals surface area contributed by atoms with Crippen LogP contribution in [-0.2, 0) is 37.3 Å². The molecule has 0 unspecified atom stereocenters. The second kappa shape index (κ2) is 13.9. The van der Waals surface area contributed by atoms with E-state index in [1.54, 1.807) is 7.05 Å². The van der Waals surface area contributed by atoms with Gasteiger partial charge >= 0.3 is 24.7 Å². The van der Waals surface area contributed by atoms with Crippen molar-refractivity contribution in [2.45, 2.75) is 64.4 Å². The molecule has 1 heterocycles. The number of ether oxygens (including phenoxy) is 1. The molecule has 0 radical (unpaired) electrons. The van der Waals surface area contributed by atoms with Gasteiger partial charge in [0.05, 0.1) is 17.0 Å². The van der Waals surface area contributed by atoms with Crippen molar-refractivity contribution in [2.75, 3.05) is 22.9 Å². The molecular formula is C31H33F9N4O3. The fourth-order valence-corrected chi connectivity index (χ4v) is 5.82. The first-order valence-electron chi connectivity index (χ1n) is 14.7. The average molecular weight is 681 g/mol. The third-order valence-electron chi connectivity index (χ3n) is 8.09. The SMILES string of the molecule is CCN(C[C@H]1CC[C@H](C(=O)O)CC1)c1ccc(OC(F)(F)F)cc1CN(Cc1cc(C(F)(F)F)cc(C(F)(F)F)c1)c1ccn(C)n1. The van der Waals surface area contributed by atoms with Gasteiger partial charge in [-0.2, -0.15) is 31.4 Å². The van der Waals surface area contributed by atoms with Crippen molar-refractivity contribution < 1.29 is 54.2 Å². The number of aliphatic carboxylic acids is 1. The molecule has 0 bridgehead atoms. The standard InChI is InChI=1S/C31H33F9N4O3/c1-3-43(16-19-4-6-21(7-5-19)28(45)46)26-9-8-25(47-31(38,39)40)14-22(26)18-44(27-10-11-42(2)41-27)17-20-12-23(29(32,33)34)15-24(13-20)30(35,36)37/h8-15,19,21H,3-7,16-18H2,1-2H3,(H,45,46)/t19-,21-. The van der Waals surface area contributed by atoms with Crippen LogP contribution in [0.25, 0.3) is 0 Å². The maximum absolute atomic E-state index is 13.6. The second-order valence-corrected chi connectivity index (χ2v) is 11.6. The van der Waals surface area contributed by atoms with Gasteiger partial charge in [0.1, 0.15) is 5.75 Å².